The van der Waals surface area contributed by atoms with Crippen LogP contribution in [0, 0.1) is 11.8 Å². The zero-order valence-electron chi connectivity index (χ0n) is 10.9. The quantitative estimate of drug-likeness (QED) is 0.723. The number of piperidine rings is 1. The Morgan fingerprint density at radius 1 is 1.29 bits per heavy atom. The van der Waals surface area contributed by atoms with E-state index in [1.165, 1.54) is 0 Å². The Balaban J connectivity index is 1.87. The SMILES string of the molecule is CC1=NN=C(C(=O)N2CCC(C(C)C)CC2)C1. The first-order valence-electron chi connectivity index (χ1n) is 6.47. The molecule has 1 amide bonds. The van der Waals surface area contributed by atoms with Gasteiger partial charge in [-0.05, 0) is 31.6 Å². The molecule has 0 aromatic rings. The molecular formula is C13H21N3O. The minimum absolute atomic E-state index is 0.0906. The van der Waals surface area contributed by atoms with Gasteiger partial charge in [-0.3, -0.25) is 4.79 Å². The van der Waals surface area contributed by atoms with Gasteiger partial charge in [-0.15, -0.1) is 5.10 Å². The Bertz CT molecular complexity index is 363. The van der Waals surface area contributed by atoms with Gasteiger partial charge in [0.25, 0.3) is 5.91 Å². The van der Waals surface area contributed by atoms with Crippen molar-refractivity contribution in [1.82, 2.24) is 4.90 Å². The second kappa shape index (κ2) is 4.98. The molecule has 1 fully saturated rings. The van der Waals surface area contributed by atoms with Crippen molar-refractivity contribution in [3.05, 3.63) is 0 Å². The van der Waals surface area contributed by atoms with Gasteiger partial charge in [-0.25, -0.2) is 0 Å². The molecule has 0 aromatic heterocycles. The van der Waals surface area contributed by atoms with Gasteiger partial charge >= 0.3 is 0 Å². The van der Waals surface area contributed by atoms with Gasteiger partial charge in [-0.1, -0.05) is 13.8 Å². The van der Waals surface area contributed by atoms with Crippen molar-refractivity contribution in [3.63, 3.8) is 0 Å². The number of likely N-dealkylation sites (tertiary alicyclic amines) is 1. The number of amides is 1. The maximum absolute atomic E-state index is 12.1. The van der Waals surface area contributed by atoms with Crippen LogP contribution in [0.15, 0.2) is 10.2 Å². The normalized spacial score (nSPS) is 21.8. The van der Waals surface area contributed by atoms with Crippen LogP contribution in [0.25, 0.3) is 0 Å². The molecular weight excluding hydrogens is 214 g/mol. The molecule has 1 saturated heterocycles. The molecule has 0 saturated carbocycles. The van der Waals surface area contributed by atoms with E-state index in [-0.39, 0.29) is 5.91 Å². The van der Waals surface area contributed by atoms with Crippen LogP contribution < -0.4 is 0 Å². The fourth-order valence-corrected chi connectivity index (χ4v) is 2.53. The summed E-state index contributed by atoms with van der Waals surface area (Å²) >= 11 is 0. The molecule has 0 radical (unpaired) electrons. The summed E-state index contributed by atoms with van der Waals surface area (Å²) in [7, 11) is 0. The molecule has 2 heterocycles. The van der Waals surface area contributed by atoms with E-state index < -0.39 is 0 Å². The first kappa shape index (κ1) is 12.3. The van der Waals surface area contributed by atoms with Crippen molar-refractivity contribution >= 4 is 17.3 Å². The molecule has 2 aliphatic heterocycles. The zero-order valence-corrected chi connectivity index (χ0v) is 10.9. The van der Waals surface area contributed by atoms with E-state index in [1.807, 2.05) is 11.8 Å². The summed E-state index contributed by atoms with van der Waals surface area (Å²) < 4.78 is 0. The lowest BCUT2D eigenvalue weighted by atomic mass is 9.86. The third-order valence-electron chi connectivity index (χ3n) is 3.78. The third kappa shape index (κ3) is 2.73. The molecule has 0 spiro atoms. The van der Waals surface area contributed by atoms with Crippen LogP contribution >= 0.6 is 0 Å². The summed E-state index contributed by atoms with van der Waals surface area (Å²) in [5.41, 5.74) is 1.55. The van der Waals surface area contributed by atoms with Gasteiger partial charge in [0, 0.05) is 25.2 Å². The summed E-state index contributed by atoms with van der Waals surface area (Å²) in [6, 6.07) is 0. The minimum atomic E-state index is 0.0906. The van der Waals surface area contributed by atoms with E-state index in [0.717, 1.165) is 43.5 Å². The highest BCUT2D eigenvalue weighted by molar-refractivity contribution is 6.43. The Kier molecular flexibility index (Phi) is 3.60. The lowest BCUT2D eigenvalue weighted by molar-refractivity contribution is -0.125. The summed E-state index contributed by atoms with van der Waals surface area (Å²) in [5, 5.41) is 7.89. The summed E-state index contributed by atoms with van der Waals surface area (Å²) in [6.45, 7) is 8.19. The van der Waals surface area contributed by atoms with Crippen molar-refractivity contribution in [2.75, 3.05) is 13.1 Å². The van der Waals surface area contributed by atoms with E-state index in [2.05, 4.69) is 24.1 Å². The molecule has 2 aliphatic rings. The van der Waals surface area contributed by atoms with Crippen molar-refractivity contribution in [3.8, 4) is 0 Å². The zero-order chi connectivity index (χ0) is 12.4. The van der Waals surface area contributed by atoms with E-state index >= 15 is 0 Å². The van der Waals surface area contributed by atoms with Gasteiger partial charge in [-0.2, -0.15) is 5.10 Å². The molecule has 0 aliphatic carbocycles. The molecule has 0 N–H and O–H groups in total. The monoisotopic (exact) mass is 235 g/mol. The smallest absolute Gasteiger partial charge is 0.270 e. The van der Waals surface area contributed by atoms with Gasteiger partial charge in [0.2, 0.25) is 0 Å². The highest BCUT2D eigenvalue weighted by Crippen LogP contribution is 2.24. The van der Waals surface area contributed by atoms with Crippen molar-refractivity contribution in [1.29, 1.82) is 0 Å². The standard InChI is InChI=1S/C13H21N3O/c1-9(2)11-4-6-16(7-5-11)13(17)12-8-10(3)14-15-12/h9,11H,4-8H2,1-3H3. The van der Waals surface area contributed by atoms with Gasteiger partial charge in [0.15, 0.2) is 0 Å². The molecule has 4 nitrogen and oxygen atoms in total. The summed E-state index contributed by atoms with van der Waals surface area (Å²) in [5.74, 6) is 1.58. The van der Waals surface area contributed by atoms with Crippen LogP contribution in [0.2, 0.25) is 0 Å². The fraction of sp³-hybridized carbons (Fsp3) is 0.769. The number of rotatable bonds is 2. The summed E-state index contributed by atoms with van der Waals surface area (Å²) in [6.07, 6.45) is 2.87. The Morgan fingerprint density at radius 2 is 1.94 bits per heavy atom. The number of hydrogen-bond acceptors (Lipinski definition) is 3. The van der Waals surface area contributed by atoms with E-state index in [9.17, 15) is 4.79 Å². The Morgan fingerprint density at radius 3 is 2.41 bits per heavy atom. The van der Waals surface area contributed by atoms with Crippen LogP contribution in [0.5, 0.6) is 0 Å². The number of hydrogen-bond donors (Lipinski definition) is 0. The van der Waals surface area contributed by atoms with Crippen LogP contribution in [0.4, 0.5) is 0 Å². The maximum Gasteiger partial charge on any atom is 0.270 e. The second-order valence-corrected chi connectivity index (χ2v) is 5.43. The largest absolute Gasteiger partial charge is 0.338 e. The summed E-state index contributed by atoms with van der Waals surface area (Å²) in [4.78, 5) is 14.1. The molecule has 4 heteroatoms. The molecule has 17 heavy (non-hydrogen) atoms. The van der Waals surface area contributed by atoms with E-state index in [4.69, 9.17) is 0 Å². The molecule has 94 valence electrons. The van der Waals surface area contributed by atoms with Crippen LogP contribution in [0.3, 0.4) is 0 Å². The lowest BCUT2D eigenvalue weighted by Gasteiger charge is -2.33. The molecule has 0 bridgehead atoms. The van der Waals surface area contributed by atoms with Crippen LogP contribution in [-0.2, 0) is 4.79 Å². The van der Waals surface area contributed by atoms with Gasteiger partial charge in [0.1, 0.15) is 5.71 Å². The highest BCUT2D eigenvalue weighted by atomic mass is 16.2. The lowest BCUT2D eigenvalue weighted by Crippen LogP contribution is -2.42. The molecule has 0 unspecified atom stereocenters. The van der Waals surface area contributed by atoms with Crippen molar-refractivity contribution in [2.45, 2.75) is 40.0 Å². The first-order chi connectivity index (χ1) is 8.08. The van der Waals surface area contributed by atoms with Crippen molar-refractivity contribution < 1.29 is 4.79 Å². The van der Waals surface area contributed by atoms with Gasteiger partial charge < -0.3 is 4.90 Å². The highest BCUT2D eigenvalue weighted by Gasteiger charge is 2.28. The fourth-order valence-electron chi connectivity index (χ4n) is 2.53. The van der Waals surface area contributed by atoms with Gasteiger partial charge in [0.05, 0.1) is 0 Å². The topological polar surface area (TPSA) is 45.0 Å². The maximum atomic E-state index is 12.1. The van der Waals surface area contributed by atoms with Crippen LogP contribution in [0.1, 0.15) is 40.0 Å². The number of nitrogens with zero attached hydrogens (tertiary/aromatic N) is 3. The van der Waals surface area contributed by atoms with Crippen molar-refractivity contribution in [2.24, 2.45) is 22.0 Å². The van der Waals surface area contributed by atoms with E-state index in [1.54, 1.807) is 0 Å². The molecule has 0 aromatic carbocycles. The Labute approximate surface area is 103 Å². The minimum Gasteiger partial charge on any atom is -0.338 e. The number of carbonyl (C=O) groups excluding carboxylic acids is 1. The first-order valence-corrected chi connectivity index (χ1v) is 6.47. The predicted molar refractivity (Wildman–Crippen MR) is 69.3 cm³/mol. The van der Waals surface area contributed by atoms with Crippen LogP contribution in [-0.4, -0.2) is 35.3 Å². The van der Waals surface area contributed by atoms with E-state index in [0.29, 0.717) is 12.1 Å². The average Bonchev–Trinajstić information content (AvgIpc) is 2.75. The third-order valence-corrected chi connectivity index (χ3v) is 3.78. The molecule has 2 rings (SSSR count). The molecule has 0 atom stereocenters. The second-order valence-electron chi connectivity index (χ2n) is 5.43. The average molecular weight is 235 g/mol. The number of carbonyl (C=O) groups is 1. The Hall–Kier alpha value is -1.19. The predicted octanol–water partition coefficient (Wildman–Crippen LogP) is 2.10.